The molecular weight excluding hydrogens is 1160 g/mol. The first kappa shape index (κ1) is 91.3. The van der Waals surface area contributed by atoms with Crippen molar-refractivity contribution in [1.82, 2.24) is 0 Å². The zero-order valence-electron chi connectivity index (χ0n) is 67.3. The Bertz CT molecular complexity index is 2680. The van der Waals surface area contributed by atoms with Gasteiger partial charge >= 0.3 is 0 Å². The van der Waals surface area contributed by atoms with Crippen molar-refractivity contribution in [2.45, 2.75) is 376 Å². The molecule has 1 nitrogen and oxygen atoms in total. The van der Waals surface area contributed by atoms with Gasteiger partial charge in [0, 0.05) is 6.61 Å². The Morgan fingerprint density at radius 3 is 0.406 bits per heavy atom. The third kappa shape index (κ3) is 61.6. The summed E-state index contributed by atoms with van der Waals surface area (Å²) >= 11 is 0. The molecule has 0 aliphatic rings. The summed E-state index contributed by atoms with van der Waals surface area (Å²) in [5.74, 6) is 0.611. The molecule has 1 atom stereocenters. The molecule has 96 heavy (non-hydrogen) atoms. The molecule has 0 saturated carbocycles. The Balaban J connectivity index is 4.35. The molecule has 0 aromatic carbocycles. The largest absolute Gasteiger partial charge is 0.396 e. The van der Waals surface area contributed by atoms with Crippen LogP contribution in [-0.2, 0) is 0 Å². The average Bonchev–Trinajstić information content (AvgIpc) is 3.73. The lowest BCUT2D eigenvalue weighted by Gasteiger charge is -2.07. The highest BCUT2D eigenvalue weighted by molar-refractivity contribution is 5.15. The first-order valence-corrected chi connectivity index (χ1v) is 39.3. The highest BCUT2D eigenvalue weighted by atomic mass is 16.3. The monoisotopic (exact) mass is 1310 g/mol. The van der Waals surface area contributed by atoms with Gasteiger partial charge in [-0.1, -0.05) is 217 Å². The summed E-state index contributed by atoms with van der Waals surface area (Å²) in [6.07, 6.45) is 87.0. The van der Waals surface area contributed by atoms with E-state index in [0.717, 1.165) is 122 Å². The van der Waals surface area contributed by atoms with Gasteiger partial charge in [-0.25, -0.2) is 0 Å². The first-order chi connectivity index (χ1) is 45.9. The summed E-state index contributed by atoms with van der Waals surface area (Å²) < 4.78 is 0. The number of aliphatic hydroxyl groups excluding tert-OH is 1. The van der Waals surface area contributed by atoms with Gasteiger partial charge in [-0.05, 0) is 375 Å². The van der Waals surface area contributed by atoms with Gasteiger partial charge < -0.3 is 5.11 Å². The Morgan fingerprint density at radius 1 is 0.177 bits per heavy atom. The maximum Gasteiger partial charge on any atom is 0.0433 e. The highest BCUT2D eigenvalue weighted by Crippen LogP contribution is 2.23. The number of aliphatic hydroxyl groups is 1. The lowest BCUT2D eigenvalue weighted by atomic mass is 10.0. The number of rotatable bonds is 56. The van der Waals surface area contributed by atoms with Crippen molar-refractivity contribution in [2.75, 3.05) is 6.61 Å². The second kappa shape index (κ2) is 61.4. The Hall–Kier alpha value is -4.72. The third-order valence-electron chi connectivity index (χ3n) is 19.4. The minimum atomic E-state index is 0.309. The molecule has 1 heteroatoms. The second-order valence-electron chi connectivity index (χ2n) is 30.5. The summed E-state index contributed by atoms with van der Waals surface area (Å²) in [6, 6.07) is 0. The molecule has 0 rings (SSSR count). The van der Waals surface area contributed by atoms with Crippen LogP contribution in [0.25, 0.3) is 0 Å². The van der Waals surface area contributed by atoms with Crippen molar-refractivity contribution in [2.24, 2.45) is 5.92 Å². The fourth-order valence-electron chi connectivity index (χ4n) is 12.0. The maximum atomic E-state index is 9.11. The van der Waals surface area contributed by atoms with E-state index in [1.807, 2.05) is 0 Å². The van der Waals surface area contributed by atoms with Crippen LogP contribution in [0, 0.1) is 5.92 Å². The zero-order chi connectivity index (χ0) is 71.6. The average molecular weight is 1310 g/mol. The van der Waals surface area contributed by atoms with E-state index in [-0.39, 0.29) is 0 Å². The summed E-state index contributed by atoms with van der Waals surface area (Å²) in [4.78, 5) is 0. The van der Waals surface area contributed by atoms with Crippen molar-refractivity contribution in [3.8, 4) is 0 Å². The third-order valence-corrected chi connectivity index (χ3v) is 19.4. The Labute approximate surface area is 599 Å². The van der Waals surface area contributed by atoms with Gasteiger partial charge in [-0.3, -0.25) is 0 Å². The standard InChI is InChI=1S/C95H156O/c1-77(2)39-21-40-78(3)41-22-42-79(4)43-23-44-80(5)45-24-46-81(6)47-25-48-82(7)49-26-50-83(8)51-27-52-84(9)53-28-54-85(10)55-29-56-86(11)57-30-58-87(12)59-31-60-88(13)61-32-62-89(14)63-33-64-90(15)65-34-66-91(16)67-35-68-92(17)69-36-70-93(18)71-37-72-94(19)73-38-74-95(20)75-76-96/h39,41,43,45,47,49,51,53,55,57,59,61,63,65,67,69,71,73,95-96H,21-38,40,42,44,46,48,50,52,54,56,58,60,62,64,66,68,70,72,74-76H2,1-20H3/b78-41+,79-43+,80-45-,81-47-,82-49-,83-51-,84-53-,85-55-,86-57-,87-59-,88-61-,89-63-,90-65-,91-67-,92-69-,93-71-,94-73-/t95-/m0/s1. The molecule has 1 N–H and O–H groups in total. The van der Waals surface area contributed by atoms with Crippen molar-refractivity contribution in [3.63, 3.8) is 0 Å². The molecule has 0 aliphatic carbocycles. The molecule has 0 unspecified atom stereocenters. The zero-order valence-corrected chi connectivity index (χ0v) is 67.3. The minimum absolute atomic E-state index is 0.309. The van der Waals surface area contributed by atoms with Gasteiger partial charge in [-0.2, -0.15) is 0 Å². The van der Waals surface area contributed by atoms with Crippen molar-refractivity contribution >= 4 is 0 Å². The van der Waals surface area contributed by atoms with Gasteiger partial charge in [0.2, 0.25) is 0 Å². The number of hydrogen-bond acceptors (Lipinski definition) is 1. The number of allylic oxidation sites excluding steroid dienone is 36. The van der Waals surface area contributed by atoms with Crippen molar-refractivity contribution in [3.05, 3.63) is 210 Å². The SMILES string of the molecule is CC(C)=CCC/C(C)=C/CC/C(C)=C/CC/C(C)=C\CC/C(C)=C\CC/C(C)=C\CC/C(C)=C\CC/C(C)=C\CC/C(C)=C\CC/C(C)=C\CC/C(C)=C\CC/C(C)=C\CC/C(C)=C\CC/C(C)=C\CC/C(C)=C\CC/C(C)=C\CC/C(C)=C\CC/C(C)=C\CC[C@H](C)CCO. The van der Waals surface area contributed by atoms with Crippen LogP contribution < -0.4 is 0 Å². The normalized spacial score (nSPS) is 15.4. The fourth-order valence-corrected chi connectivity index (χ4v) is 12.0. The fraction of sp³-hybridized carbons (Fsp3) is 0.621. The summed E-state index contributed by atoms with van der Waals surface area (Å²) in [5.41, 5.74) is 27.4. The van der Waals surface area contributed by atoms with E-state index in [0.29, 0.717) is 12.5 Å². The predicted molar refractivity (Wildman–Crippen MR) is 440 cm³/mol. The van der Waals surface area contributed by atoms with Gasteiger partial charge in [0.15, 0.2) is 0 Å². The van der Waals surface area contributed by atoms with Crippen LogP contribution in [-0.4, -0.2) is 11.7 Å². The van der Waals surface area contributed by atoms with Gasteiger partial charge in [0.1, 0.15) is 0 Å². The molecule has 0 aliphatic heterocycles. The van der Waals surface area contributed by atoms with Crippen LogP contribution >= 0.6 is 0 Å². The lowest BCUT2D eigenvalue weighted by molar-refractivity contribution is 0.259. The van der Waals surface area contributed by atoms with Crippen molar-refractivity contribution in [1.29, 1.82) is 0 Å². The van der Waals surface area contributed by atoms with Gasteiger partial charge in [0.05, 0.1) is 0 Å². The molecule has 0 amide bonds. The lowest BCUT2D eigenvalue weighted by Crippen LogP contribution is -1.97. The summed E-state index contributed by atoms with van der Waals surface area (Å²) in [7, 11) is 0. The van der Waals surface area contributed by atoms with Gasteiger partial charge in [0.25, 0.3) is 0 Å². The molecule has 0 saturated heterocycles. The van der Waals surface area contributed by atoms with Crippen LogP contribution in [0.4, 0.5) is 0 Å². The van der Waals surface area contributed by atoms with Crippen LogP contribution in [0.1, 0.15) is 376 Å². The molecule has 0 bridgehead atoms. The Morgan fingerprint density at radius 2 is 0.292 bits per heavy atom. The molecule has 0 fully saturated rings. The number of hydrogen-bond donors (Lipinski definition) is 1. The molecule has 0 aromatic heterocycles. The molecule has 0 aromatic rings. The van der Waals surface area contributed by atoms with E-state index in [9.17, 15) is 0 Å². The van der Waals surface area contributed by atoms with Crippen LogP contribution in [0.5, 0.6) is 0 Å². The van der Waals surface area contributed by atoms with E-state index in [2.05, 4.69) is 248 Å². The van der Waals surface area contributed by atoms with Gasteiger partial charge in [-0.15, -0.1) is 0 Å². The molecule has 0 radical (unpaired) electrons. The van der Waals surface area contributed by atoms with Crippen LogP contribution in [0.15, 0.2) is 210 Å². The van der Waals surface area contributed by atoms with Crippen LogP contribution in [0.2, 0.25) is 0 Å². The minimum Gasteiger partial charge on any atom is -0.396 e. The van der Waals surface area contributed by atoms with E-state index in [1.54, 1.807) is 0 Å². The van der Waals surface area contributed by atoms with Crippen molar-refractivity contribution < 1.29 is 5.11 Å². The van der Waals surface area contributed by atoms with E-state index < -0.39 is 0 Å². The molecular formula is C95H156O. The summed E-state index contributed by atoms with van der Waals surface area (Å²) in [5, 5.41) is 9.11. The highest BCUT2D eigenvalue weighted by Gasteiger charge is 2.03. The topological polar surface area (TPSA) is 20.2 Å². The molecule has 0 spiro atoms. The smallest absolute Gasteiger partial charge is 0.0433 e. The second-order valence-corrected chi connectivity index (χ2v) is 30.5. The Kier molecular flexibility index (Phi) is 58.4. The first-order valence-electron chi connectivity index (χ1n) is 39.3. The molecule has 0 heterocycles. The maximum absolute atomic E-state index is 9.11. The summed E-state index contributed by atoms with van der Waals surface area (Å²) in [6.45, 7) is 46.2. The van der Waals surface area contributed by atoms with E-state index >= 15 is 0 Å². The van der Waals surface area contributed by atoms with Crippen LogP contribution in [0.3, 0.4) is 0 Å². The van der Waals surface area contributed by atoms with E-state index in [4.69, 9.17) is 5.11 Å². The molecule has 542 valence electrons. The van der Waals surface area contributed by atoms with E-state index in [1.165, 1.54) is 216 Å². The predicted octanol–water partition coefficient (Wildman–Crippen LogP) is 32.1. The quantitative estimate of drug-likeness (QED) is 0.0602.